The number of halogens is 4. The first-order chi connectivity index (χ1) is 22.6. The molecule has 0 saturated heterocycles. The molecule has 0 spiro atoms. The van der Waals surface area contributed by atoms with Crippen LogP contribution in [0.1, 0.15) is 1.43 Å². The summed E-state index contributed by atoms with van der Waals surface area (Å²) in [7, 11) is 0. The van der Waals surface area contributed by atoms with Gasteiger partial charge in [-0.05, 0) is 34.9 Å². The van der Waals surface area contributed by atoms with Crippen molar-refractivity contribution in [2.75, 3.05) is 17.5 Å². The van der Waals surface area contributed by atoms with E-state index in [4.69, 9.17) is 55.9 Å². The number of aromatic hydroxyl groups is 1. The predicted octanol–water partition coefficient (Wildman–Crippen LogP) is 9.41. The van der Waals surface area contributed by atoms with Gasteiger partial charge in [0.25, 0.3) is 0 Å². The van der Waals surface area contributed by atoms with Crippen molar-refractivity contribution < 1.29 is 51.0 Å². The molecule has 246 valence electrons. The van der Waals surface area contributed by atoms with Crippen molar-refractivity contribution in [3.63, 3.8) is 0 Å². The Hall–Kier alpha value is -3.16. The molecule has 48 heavy (non-hydrogen) atoms. The Morgan fingerprint density at radius 1 is 0.417 bits per heavy atom. The number of rotatable bonds is 7. The summed E-state index contributed by atoms with van der Waals surface area (Å²) < 4.78 is 11.9. The minimum absolute atomic E-state index is 0. The van der Waals surface area contributed by atoms with Crippen molar-refractivity contribution in [3.8, 4) is 50.6 Å². The molecule has 0 aliphatic carbocycles. The van der Waals surface area contributed by atoms with E-state index in [1.807, 2.05) is 121 Å². The van der Waals surface area contributed by atoms with E-state index in [0.717, 1.165) is 44.9 Å². The Kier molecular flexibility index (Phi) is 23.0. The maximum Gasteiger partial charge on any atom is 1.00 e. The Balaban J connectivity index is 0.000000883. The number of para-hydroxylation sites is 3. The van der Waals surface area contributed by atoms with Crippen molar-refractivity contribution in [2.24, 2.45) is 0 Å². The van der Waals surface area contributed by atoms with Gasteiger partial charge >= 0.3 is 29.6 Å². The van der Waals surface area contributed by atoms with Crippen LogP contribution in [-0.4, -0.2) is 28.1 Å². The summed E-state index contributed by atoms with van der Waals surface area (Å²) in [5, 5.41) is 9.95. The van der Waals surface area contributed by atoms with E-state index in [9.17, 15) is 5.11 Å². The van der Waals surface area contributed by atoms with E-state index in [1.165, 1.54) is 0 Å². The second-order valence-corrected chi connectivity index (χ2v) is 10.8. The van der Waals surface area contributed by atoms with Crippen LogP contribution in [0.2, 0.25) is 0 Å². The molecule has 6 aromatic rings. The molecule has 0 aliphatic rings. The summed E-state index contributed by atoms with van der Waals surface area (Å²) in [6.07, 6.45) is 0. The van der Waals surface area contributed by atoms with Gasteiger partial charge in [-0.15, -0.1) is 46.4 Å². The first kappa shape index (κ1) is 42.9. The molecule has 9 heteroatoms. The van der Waals surface area contributed by atoms with Crippen LogP contribution in [0.25, 0.3) is 33.4 Å². The number of phenolic OH excluding ortho intramolecular Hbond substituents is 1. The molecule has 0 fully saturated rings. The Bertz CT molecular complexity index is 1600. The van der Waals surface area contributed by atoms with Gasteiger partial charge in [-0.3, -0.25) is 0 Å². The smallest absolute Gasteiger partial charge is 0.870 e. The predicted molar refractivity (Wildman–Crippen MR) is 201 cm³/mol. The Morgan fingerprint density at radius 2 is 0.688 bits per heavy atom. The average molecular weight is 736 g/mol. The van der Waals surface area contributed by atoms with E-state index in [0.29, 0.717) is 5.75 Å². The molecule has 0 amide bonds. The van der Waals surface area contributed by atoms with Crippen LogP contribution in [0.3, 0.4) is 0 Å². The molecule has 0 aromatic heterocycles. The van der Waals surface area contributed by atoms with Crippen molar-refractivity contribution in [1.82, 2.24) is 0 Å². The molecule has 0 aliphatic heterocycles. The van der Waals surface area contributed by atoms with Crippen LogP contribution in [0.5, 0.6) is 17.2 Å². The molecule has 0 bridgehead atoms. The molecule has 6 rings (SSSR count). The van der Waals surface area contributed by atoms with Crippen LogP contribution < -0.4 is 39.0 Å². The van der Waals surface area contributed by atoms with Gasteiger partial charge in [0.2, 0.25) is 6.79 Å². The maximum absolute atomic E-state index is 9.56. The van der Waals surface area contributed by atoms with Crippen molar-refractivity contribution in [3.05, 3.63) is 164 Å². The third-order valence-electron chi connectivity index (χ3n) is 6.36. The summed E-state index contributed by atoms with van der Waals surface area (Å²) in [4.78, 5) is 0. The Labute approximate surface area is 326 Å². The molecule has 0 heterocycles. The molecule has 0 saturated carbocycles. The zero-order valence-electron chi connectivity index (χ0n) is 26.4. The van der Waals surface area contributed by atoms with Crippen molar-refractivity contribution in [1.29, 1.82) is 0 Å². The monoisotopic (exact) mass is 733 g/mol. The van der Waals surface area contributed by atoms with Crippen LogP contribution in [0.15, 0.2) is 164 Å². The topological polar surface area (TPSA) is 68.7 Å². The minimum Gasteiger partial charge on any atom is -0.870 e. The first-order valence-electron chi connectivity index (χ1n) is 14.2. The van der Waals surface area contributed by atoms with Gasteiger partial charge in [0.1, 0.15) is 17.2 Å². The molecule has 2 N–H and O–H groups in total. The van der Waals surface area contributed by atoms with Gasteiger partial charge in [0.05, 0.1) is 10.7 Å². The van der Waals surface area contributed by atoms with Crippen LogP contribution in [0, 0.1) is 0 Å². The second-order valence-electron chi connectivity index (χ2n) is 9.22. The number of benzene rings is 6. The SMILES string of the molecule is ClCCl.ClCCl.Oc1ccccc1-c1ccccc1.[2HH].[Na+].[OH-].c1ccc(-c2ccccc2OCOc2ccccc2-c2ccccc2)cc1. The van der Waals surface area contributed by atoms with E-state index in [1.54, 1.807) is 6.07 Å². The van der Waals surface area contributed by atoms with E-state index < -0.39 is 0 Å². The Morgan fingerprint density at radius 3 is 1.04 bits per heavy atom. The molecule has 6 aromatic carbocycles. The number of alkyl halides is 4. The maximum atomic E-state index is 9.56. The third kappa shape index (κ3) is 14.5. The fourth-order valence-corrected chi connectivity index (χ4v) is 4.39. The van der Waals surface area contributed by atoms with E-state index >= 15 is 0 Å². The van der Waals surface area contributed by atoms with E-state index in [2.05, 4.69) is 36.4 Å². The summed E-state index contributed by atoms with van der Waals surface area (Å²) in [6.45, 7) is 0.147. The second kappa shape index (κ2) is 25.8. The third-order valence-corrected chi connectivity index (χ3v) is 6.36. The van der Waals surface area contributed by atoms with Crippen LogP contribution >= 0.6 is 46.4 Å². The number of ether oxygens (including phenoxy) is 2. The van der Waals surface area contributed by atoms with Gasteiger partial charge < -0.3 is 20.1 Å². The largest absolute Gasteiger partial charge is 1.00 e. The first-order valence-corrected chi connectivity index (χ1v) is 16.4. The quantitative estimate of drug-likeness (QED) is 0.101. The number of phenols is 1. The van der Waals surface area contributed by atoms with Gasteiger partial charge in [0, 0.05) is 18.1 Å². The normalized spacial score (nSPS) is 9.25. The van der Waals surface area contributed by atoms with Crippen molar-refractivity contribution >= 4 is 46.4 Å². The fraction of sp³-hybridized carbons (Fsp3) is 0.0769. The van der Waals surface area contributed by atoms with Crippen LogP contribution in [0.4, 0.5) is 0 Å². The van der Waals surface area contributed by atoms with E-state index in [-0.39, 0.29) is 53.9 Å². The molecule has 0 unspecified atom stereocenters. The number of hydrogen-bond acceptors (Lipinski definition) is 4. The zero-order chi connectivity index (χ0) is 32.8. The van der Waals surface area contributed by atoms with Crippen LogP contribution in [-0.2, 0) is 0 Å². The molecule has 0 atom stereocenters. The van der Waals surface area contributed by atoms with Gasteiger partial charge in [-0.25, -0.2) is 0 Å². The van der Waals surface area contributed by atoms with Gasteiger partial charge in [-0.1, -0.05) is 146 Å². The van der Waals surface area contributed by atoms with Gasteiger partial charge in [0.15, 0.2) is 0 Å². The van der Waals surface area contributed by atoms with Gasteiger partial charge in [-0.2, -0.15) is 0 Å². The standard InChI is InChI=1S/C25H20O2.C12H10O.2CH2Cl2.Na.H2O.H2/c1-3-11-20(12-4-1)22-15-7-9-17-24(22)26-19-27-25-18-10-8-16-23(25)21-13-5-2-6-14-21;13-12-9-5-4-8-11(12)10-6-2-1-3-7-10;2*2-1-3;;;/h1-18H,19H2;1-9,13H;2*1H2;;1H2;1H/q;;;;+1;;/p-1/i;;;;;;1+1. The summed E-state index contributed by atoms with van der Waals surface area (Å²) in [6, 6.07) is 53.6. The molecular formula is C39H37Cl4NaO4. The summed E-state index contributed by atoms with van der Waals surface area (Å²) in [5.74, 6) is 1.94. The fourth-order valence-electron chi connectivity index (χ4n) is 4.39. The summed E-state index contributed by atoms with van der Waals surface area (Å²) in [5.41, 5.74) is 6.27. The average Bonchev–Trinajstić information content (AvgIpc) is 3.11. The summed E-state index contributed by atoms with van der Waals surface area (Å²) >= 11 is 19.1. The zero-order valence-corrected chi connectivity index (χ0v) is 31.5. The minimum atomic E-state index is 0. The molecular weight excluding hydrogens is 697 g/mol. The molecule has 0 radical (unpaired) electrons. The number of hydrogen-bond donors (Lipinski definition) is 1. The molecule has 4 nitrogen and oxygen atoms in total. The van der Waals surface area contributed by atoms with Crippen molar-refractivity contribution in [2.45, 2.75) is 0 Å².